The van der Waals surface area contributed by atoms with Crippen LogP contribution in [0.3, 0.4) is 0 Å². The number of carbonyl (C=O) groups is 1. The molecule has 4 unspecified atom stereocenters. The van der Waals surface area contributed by atoms with E-state index in [1.165, 1.54) is 0 Å². The van der Waals surface area contributed by atoms with E-state index in [-0.39, 0.29) is 35.8 Å². The van der Waals surface area contributed by atoms with Crippen molar-refractivity contribution >= 4 is 5.91 Å². The second kappa shape index (κ2) is 10.6. The quantitative estimate of drug-likeness (QED) is 0.460. The molecule has 2 fully saturated rings. The van der Waals surface area contributed by atoms with Gasteiger partial charge in [-0.25, -0.2) is 10.9 Å². The number of hydrogen-bond acceptors (Lipinski definition) is 7. The Morgan fingerprint density at radius 2 is 1.85 bits per heavy atom. The Morgan fingerprint density at radius 3 is 2.56 bits per heavy atom. The van der Waals surface area contributed by atoms with Crippen LogP contribution in [0.4, 0.5) is 0 Å². The number of hydrazine groups is 1. The van der Waals surface area contributed by atoms with Crippen LogP contribution in [0.2, 0.25) is 0 Å². The van der Waals surface area contributed by atoms with Crippen LogP contribution in [0.5, 0.6) is 17.2 Å². The summed E-state index contributed by atoms with van der Waals surface area (Å²) in [6, 6.07) is 12.3. The third kappa shape index (κ3) is 4.71. The summed E-state index contributed by atoms with van der Waals surface area (Å²) in [5.41, 5.74) is 8.21. The molecule has 0 saturated carbocycles. The molecular formula is C26H35N3O5. The summed E-state index contributed by atoms with van der Waals surface area (Å²) in [5.74, 6) is 1.43. The first-order valence-corrected chi connectivity index (χ1v) is 12.0. The predicted octanol–water partition coefficient (Wildman–Crippen LogP) is 3.33. The lowest BCUT2D eigenvalue weighted by molar-refractivity contribution is -0.131. The Bertz CT molecular complexity index is 998. The molecule has 0 aliphatic carbocycles. The van der Waals surface area contributed by atoms with Crippen molar-refractivity contribution in [2.45, 2.75) is 51.4 Å². The summed E-state index contributed by atoms with van der Waals surface area (Å²) < 4.78 is 17.0. The molecule has 0 aromatic heterocycles. The van der Waals surface area contributed by atoms with Crippen molar-refractivity contribution < 1.29 is 24.1 Å². The number of fused-ring (bicyclic) bond motifs is 1. The number of amides is 1. The molecule has 0 bridgehead atoms. The molecule has 2 heterocycles. The number of para-hydroxylation sites is 1. The second-order valence-electron chi connectivity index (χ2n) is 8.97. The van der Waals surface area contributed by atoms with Crippen LogP contribution in [0.1, 0.15) is 50.4 Å². The highest BCUT2D eigenvalue weighted by Gasteiger charge is 2.55. The SMILES string of the molecule is CCOc1ccc(C2C3C(NNC3c3ccccc3O)C(=O)N2CCCOC(C)C)cc1OC. The summed E-state index contributed by atoms with van der Waals surface area (Å²) in [7, 11) is 1.62. The van der Waals surface area contributed by atoms with E-state index < -0.39 is 6.04 Å². The Labute approximate surface area is 201 Å². The van der Waals surface area contributed by atoms with Gasteiger partial charge in [0.05, 0.1) is 31.9 Å². The standard InChI is InChI=1S/C26H35N3O5/c1-5-33-20-12-11-17(15-21(20)32-4)25-22-23(18-9-6-7-10-19(18)30)27-28-24(22)26(31)29(25)13-8-14-34-16(2)3/h6-7,9-12,15-16,22-25,27-28,30H,5,8,13-14H2,1-4H3. The van der Waals surface area contributed by atoms with Crippen molar-refractivity contribution in [2.24, 2.45) is 5.92 Å². The summed E-state index contributed by atoms with van der Waals surface area (Å²) in [4.78, 5) is 15.5. The van der Waals surface area contributed by atoms with E-state index in [0.29, 0.717) is 31.3 Å². The number of nitrogens with one attached hydrogen (secondary N) is 2. The number of phenols is 1. The molecule has 1 amide bonds. The Morgan fingerprint density at radius 1 is 1.09 bits per heavy atom. The number of phenolic OH excluding ortho intramolecular Hbond substituents is 1. The molecule has 8 heteroatoms. The van der Waals surface area contributed by atoms with Gasteiger partial charge < -0.3 is 24.2 Å². The van der Waals surface area contributed by atoms with Crippen LogP contribution >= 0.6 is 0 Å². The minimum absolute atomic E-state index is 0.0396. The van der Waals surface area contributed by atoms with Crippen molar-refractivity contribution in [1.29, 1.82) is 0 Å². The molecule has 3 N–H and O–H groups in total. The number of aromatic hydroxyl groups is 1. The van der Waals surface area contributed by atoms with Crippen LogP contribution < -0.4 is 20.3 Å². The van der Waals surface area contributed by atoms with E-state index in [2.05, 4.69) is 10.9 Å². The number of likely N-dealkylation sites (tertiary alicyclic amines) is 1. The van der Waals surface area contributed by atoms with E-state index in [9.17, 15) is 9.90 Å². The maximum Gasteiger partial charge on any atom is 0.242 e. The lowest BCUT2D eigenvalue weighted by Gasteiger charge is -2.32. The van der Waals surface area contributed by atoms with Gasteiger partial charge >= 0.3 is 0 Å². The highest BCUT2D eigenvalue weighted by molar-refractivity contribution is 5.86. The van der Waals surface area contributed by atoms with Gasteiger partial charge in [0.15, 0.2) is 11.5 Å². The lowest BCUT2D eigenvalue weighted by Crippen LogP contribution is -2.41. The predicted molar refractivity (Wildman–Crippen MR) is 129 cm³/mol. The Balaban J connectivity index is 1.70. The Kier molecular flexibility index (Phi) is 7.60. The third-order valence-corrected chi connectivity index (χ3v) is 6.51. The topological polar surface area (TPSA) is 92.3 Å². The van der Waals surface area contributed by atoms with Gasteiger partial charge in [-0.3, -0.25) is 4.79 Å². The van der Waals surface area contributed by atoms with Gasteiger partial charge in [-0.15, -0.1) is 0 Å². The van der Waals surface area contributed by atoms with Gasteiger partial charge in [-0.05, 0) is 51.0 Å². The number of nitrogens with zero attached hydrogens (tertiary/aromatic N) is 1. The van der Waals surface area contributed by atoms with Crippen molar-refractivity contribution in [2.75, 3.05) is 26.9 Å². The smallest absolute Gasteiger partial charge is 0.242 e. The largest absolute Gasteiger partial charge is 0.508 e. The molecular weight excluding hydrogens is 434 g/mol. The van der Waals surface area contributed by atoms with E-state index in [4.69, 9.17) is 14.2 Å². The fourth-order valence-electron chi connectivity index (χ4n) is 5.06. The minimum atomic E-state index is -0.404. The highest BCUT2D eigenvalue weighted by atomic mass is 16.5. The van der Waals surface area contributed by atoms with E-state index in [0.717, 1.165) is 17.5 Å². The maximum absolute atomic E-state index is 13.5. The molecule has 2 aromatic rings. The van der Waals surface area contributed by atoms with Crippen molar-refractivity contribution in [3.8, 4) is 17.2 Å². The molecule has 184 valence electrons. The molecule has 2 aliphatic rings. The second-order valence-corrected chi connectivity index (χ2v) is 8.97. The van der Waals surface area contributed by atoms with Crippen LogP contribution in [0.25, 0.3) is 0 Å². The number of benzene rings is 2. The van der Waals surface area contributed by atoms with Gasteiger partial charge in [0.2, 0.25) is 5.91 Å². The molecule has 0 spiro atoms. The number of rotatable bonds is 10. The molecule has 0 radical (unpaired) electrons. The zero-order valence-corrected chi connectivity index (χ0v) is 20.3. The summed E-state index contributed by atoms with van der Waals surface area (Å²) in [6.45, 7) is 7.65. The number of hydrogen-bond donors (Lipinski definition) is 3. The summed E-state index contributed by atoms with van der Waals surface area (Å²) in [5, 5.41) is 10.6. The molecule has 8 nitrogen and oxygen atoms in total. The lowest BCUT2D eigenvalue weighted by atomic mass is 9.83. The van der Waals surface area contributed by atoms with E-state index in [1.54, 1.807) is 19.2 Å². The molecule has 2 aliphatic heterocycles. The van der Waals surface area contributed by atoms with E-state index in [1.807, 2.05) is 56.0 Å². The fourth-order valence-corrected chi connectivity index (χ4v) is 5.06. The van der Waals surface area contributed by atoms with E-state index >= 15 is 0 Å². The Hall–Kier alpha value is -2.81. The average molecular weight is 470 g/mol. The van der Waals surface area contributed by atoms with Gasteiger partial charge in [0.25, 0.3) is 0 Å². The van der Waals surface area contributed by atoms with Gasteiger partial charge in [-0.2, -0.15) is 0 Å². The van der Waals surface area contributed by atoms with Crippen LogP contribution in [0.15, 0.2) is 42.5 Å². The van der Waals surface area contributed by atoms with Crippen LogP contribution in [-0.2, 0) is 9.53 Å². The monoisotopic (exact) mass is 469 g/mol. The average Bonchev–Trinajstić information content (AvgIpc) is 3.36. The zero-order chi connectivity index (χ0) is 24.2. The fraction of sp³-hybridized carbons (Fsp3) is 0.500. The van der Waals surface area contributed by atoms with Gasteiger partial charge in [0, 0.05) is 24.6 Å². The molecule has 4 rings (SSSR count). The third-order valence-electron chi connectivity index (χ3n) is 6.51. The first kappa shape index (κ1) is 24.3. The number of methoxy groups -OCH3 is 1. The first-order chi connectivity index (χ1) is 16.5. The molecule has 2 saturated heterocycles. The molecule has 4 atom stereocenters. The molecule has 2 aromatic carbocycles. The van der Waals surface area contributed by atoms with Gasteiger partial charge in [0.1, 0.15) is 11.8 Å². The normalized spacial score (nSPS) is 24.0. The number of carbonyl (C=O) groups excluding carboxylic acids is 1. The van der Waals surface area contributed by atoms with Crippen molar-refractivity contribution in [3.63, 3.8) is 0 Å². The first-order valence-electron chi connectivity index (χ1n) is 12.0. The minimum Gasteiger partial charge on any atom is -0.508 e. The summed E-state index contributed by atoms with van der Waals surface area (Å²) in [6.07, 6.45) is 0.888. The summed E-state index contributed by atoms with van der Waals surface area (Å²) >= 11 is 0. The van der Waals surface area contributed by atoms with Crippen LogP contribution in [0, 0.1) is 5.92 Å². The van der Waals surface area contributed by atoms with Gasteiger partial charge in [-0.1, -0.05) is 24.3 Å². The van der Waals surface area contributed by atoms with Crippen molar-refractivity contribution in [3.05, 3.63) is 53.6 Å². The molecule has 34 heavy (non-hydrogen) atoms. The van der Waals surface area contributed by atoms with Crippen molar-refractivity contribution in [1.82, 2.24) is 15.8 Å². The highest BCUT2D eigenvalue weighted by Crippen LogP contribution is 2.49. The number of ether oxygens (including phenoxy) is 3. The maximum atomic E-state index is 13.5. The zero-order valence-electron chi connectivity index (χ0n) is 20.3. The van der Waals surface area contributed by atoms with Crippen LogP contribution in [-0.4, -0.2) is 54.9 Å².